The van der Waals surface area contributed by atoms with Gasteiger partial charge in [0.2, 0.25) is 0 Å². The monoisotopic (exact) mass is 470 g/mol. The minimum Gasteiger partial charge on any atom is -0.490 e. The number of hydrogen-bond acceptors (Lipinski definition) is 4. The summed E-state index contributed by atoms with van der Waals surface area (Å²) < 4.78 is 25.4. The molecule has 0 radical (unpaired) electrons. The summed E-state index contributed by atoms with van der Waals surface area (Å²) in [5.41, 5.74) is 2.99. The number of carbonyl (C=O) groups is 1. The normalized spacial score (nSPS) is 10.8. The molecular weight excluding hydrogens is 443 g/mol. The highest BCUT2D eigenvalue weighted by Gasteiger charge is 2.15. The molecular formula is C29H27FN2O3. The number of halogens is 1. The fourth-order valence-electron chi connectivity index (χ4n) is 3.47. The first-order chi connectivity index (χ1) is 17.0. The molecule has 178 valence electrons. The van der Waals surface area contributed by atoms with Gasteiger partial charge in [-0.05, 0) is 60.4 Å². The Hall–Kier alpha value is -4.37. The third-order valence-electron chi connectivity index (χ3n) is 5.06. The maximum absolute atomic E-state index is 13.6. The number of amides is 1. The minimum absolute atomic E-state index is 0.0265. The molecule has 0 spiro atoms. The Morgan fingerprint density at radius 2 is 1.86 bits per heavy atom. The molecule has 3 aromatic rings. The van der Waals surface area contributed by atoms with Gasteiger partial charge in [0.05, 0.1) is 6.61 Å². The van der Waals surface area contributed by atoms with Crippen molar-refractivity contribution in [3.63, 3.8) is 0 Å². The highest BCUT2D eigenvalue weighted by Crippen LogP contribution is 2.35. The van der Waals surface area contributed by atoms with Gasteiger partial charge in [0.15, 0.2) is 11.5 Å². The third kappa shape index (κ3) is 7.31. The number of carbonyl (C=O) groups excluding carboxylic acids is 1. The summed E-state index contributed by atoms with van der Waals surface area (Å²) >= 11 is 0. The van der Waals surface area contributed by atoms with E-state index in [1.807, 2.05) is 49.4 Å². The molecule has 3 rings (SSSR count). The lowest BCUT2D eigenvalue weighted by molar-refractivity contribution is -0.117. The topological polar surface area (TPSA) is 71.4 Å². The molecule has 0 unspecified atom stereocenters. The number of nitrogens with one attached hydrogen (secondary N) is 1. The summed E-state index contributed by atoms with van der Waals surface area (Å²) in [4.78, 5) is 12.6. The van der Waals surface area contributed by atoms with Crippen LogP contribution in [0.5, 0.6) is 11.5 Å². The summed E-state index contributed by atoms with van der Waals surface area (Å²) in [5.74, 6) is 0.181. The number of hydrogen-bond donors (Lipinski definition) is 1. The maximum Gasteiger partial charge on any atom is 0.262 e. The maximum atomic E-state index is 13.6. The number of benzene rings is 3. The van der Waals surface area contributed by atoms with Gasteiger partial charge >= 0.3 is 0 Å². The first kappa shape index (κ1) is 25.3. The highest BCUT2D eigenvalue weighted by atomic mass is 19.1. The van der Waals surface area contributed by atoms with Crippen molar-refractivity contribution >= 4 is 12.0 Å². The summed E-state index contributed by atoms with van der Waals surface area (Å²) in [6, 6.07) is 21.2. The van der Waals surface area contributed by atoms with Crippen molar-refractivity contribution in [2.24, 2.45) is 0 Å². The molecule has 0 aliphatic heterocycles. The number of rotatable bonds is 11. The quantitative estimate of drug-likeness (QED) is 0.220. The number of allylic oxidation sites excluding steroid dienone is 1. The molecule has 0 aliphatic carbocycles. The SMILES string of the molecule is C=CCc1cc(/C=C(\C#N)C(=O)NCc2ccccc2)cc(OCC)c1OCc1cccc(F)c1. The van der Waals surface area contributed by atoms with Crippen molar-refractivity contribution in [3.8, 4) is 17.6 Å². The molecule has 6 heteroatoms. The molecule has 1 amide bonds. The van der Waals surface area contributed by atoms with E-state index >= 15 is 0 Å². The Kier molecular flexibility index (Phi) is 9.21. The number of nitrogens with zero attached hydrogens (tertiary/aromatic N) is 1. The molecule has 0 fully saturated rings. The third-order valence-corrected chi connectivity index (χ3v) is 5.06. The average molecular weight is 471 g/mol. The summed E-state index contributed by atoms with van der Waals surface area (Å²) in [6.45, 7) is 6.52. The van der Waals surface area contributed by atoms with Crippen molar-refractivity contribution in [1.29, 1.82) is 5.26 Å². The van der Waals surface area contributed by atoms with E-state index in [1.165, 1.54) is 18.2 Å². The molecule has 5 nitrogen and oxygen atoms in total. The van der Waals surface area contributed by atoms with Crippen LogP contribution < -0.4 is 14.8 Å². The van der Waals surface area contributed by atoms with Crippen molar-refractivity contribution in [2.45, 2.75) is 26.5 Å². The van der Waals surface area contributed by atoms with Crippen LogP contribution in [0.25, 0.3) is 6.08 Å². The molecule has 1 N–H and O–H groups in total. The second kappa shape index (κ2) is 12.8. The Balaban J connectivity index is 1.87. The second-order valence-electron chi connectivity index (χ2n) is 7.69. The molecule has 0 aliphatic rings. The molecule has 0 saturated carbocycles. The van der Waals surface area contributed by atoms with Crippen LogP contribution in [-0.4, -0.2) is 12.5 Å². The predicted molar refractivity (Wildman–Crippen MR) is 134 cm³/mol. The Morgan fingerprint density at radius 3 is 2.54 bits per heavy atom. The molecule has 0 saturated heterocycles. The fraction of sp³-hybridized carbons (Fsp3) is 0.172. The van der Waals surface area contributed by atoms with Crippen LogP contribution in [0.4, 0.5) is 4.39 Å². The van der Waals surface area contributed by atoms with Gasteiger partial charge in [0.1, 0.15) is 24.1 Å². The Morgan fingerprint density at radius 1 is 1.09 bits per heavy atom. The first-order valence-electron chi connectivity index (χ1n) is 11.3. The van der Waals surface area contributed by atoms with Crippen LogP contribution in [0.1, 0.15) is 29.2 Å². The predicted octanol–water partition coefficient (Wildman–Crippen LogP) is 5.76. The van der Waals surface area contributed by atoms with E-state index in [2.05, 4.69) is 11.9 Å². The fourth-order valence-corrected chi connectivity index (χ4v) is 3.47. The van der Waals surface area contributed by atoms with Gasteiger partial charge in [-0.25, -0.2) is 4.39 Å². The van der Waals surface area contributed by atoms with Gasteiger partial charge in [-0.2, -0.15) is 5.26 Å². The van der Waals surface area contributed by atoms with Crippen molar-refractivity contribution in [2.75, 3.05) is 6.61 Å². The molecule has 0 bridgehead atoms. The lowest BCUT2D eigenvalue weighted by Crippen LogP contribution is -2.23. The smallest absolute Gasteiger partial charge is 0.262 e. The first-order valence-corrected chi connectivity index (χ1v) is 11.3. The largest absolute Gasteiger partial charge is 0.490 e. The van der Waals surface area contributed by atoms with E-state index in [1.54, 1.807) is 24.3 Å². The van der Waals surface area contributed by atoms with E-state index in [-0.39, 0.29) is 18.0 Å². The van der Waals surface area contributed by atoms with E-state index in [4.69, 9.17) is 9.47 Å². The number of ether oxygens (including phenoxy) is 2. The van der Waals surface area contributed by atoms with Gasteiger partial charge < -0.3 is 14.8 Å². The van der Waals surface area contributed by atoms with Crippen molar-refractivity contribution < 1.29 is 18.7 Å². The lowest BCUT2D eigenvalue weighted by Gasteiger charge is -2.17. The molecule has 35 heavy (non-hydrogen) atoms. The Bertz CT molecular complexity index is 1250. The van der Waals surface area contributed by atoms with Gasteiger partial charge in [-0.3, -0.25) is 4.79 Å². The van der Waals surface area contributed by atoms with E-state index in [0.717, 1.165) is 11.1 Å². The van der Waals surface area contributed by atoms with E-state index < -0.39 is 5.91 Å². The molecule has 0 atom stereocenters. The summed E-state index contributed by atoms with van der Waals surface area (Å²) in [7, 11) is 0. The molecule has 0 heterocycles. The highest BCUT2D eigenvalue weighted by molar-refractivity contribution is 6.01. The number of nitriles is 1. The van der Waals surface area contributed by atoms with Gasteiger partial charge in [-0.15, -0.1) is 6.58 Å². The summed E-state index contributed by atoms with van der Waals surface area (Å²) in [5, 5.41) is 12.4. The zero-order valence-electron chi connectivity index (χ0n) is 19.6. The van der Waals surface area contributed by atoms with Crippen molar-refractivity contribution in [3.05, 3.63) is 113 Å². The standard InChI is InChI=1S/C29H27FN2O3/c1-3-9-24-14-23(15-25(18-31)29(33)32-19-21-10-6-5-7-11-21)17-27(34-4-2)28(24)35-20-22-12-8-13-26(30)16-22/h3,5-8,10-17H,1,4,9,19-20H2,2H3,(H,32,33)/b25-15+. The molecule has 0 aromatic heterocycles. The summed E-state index contributed by atoms with van der Waals surface area (Å²) in [6.07, 6.45) is 3.72. The van der Waals surface area contributed by atoms with E-state index in [9.17, 15) is 14.4 Å². The van der Waals surface area contributed by atoms with Gasteiger partial charge in [-0.1, -0.05) is 48.5 Å². The zero-order valence-corrected chi connectivity index (χ0v) is 19.6. The second-order valence-corrected chi connectivity index (χ2v) is 7.69. The van der Waals surface area contributed by atoms with Crippen molar-refractivity contribution in [1.82, 2.24) is 5.32 Å². The van der Waals surface area contributed by atoms with Crippen LogP contribution in [0.3, 0.4) is 0 Å². The van der Waals surface area contributed by atoms with Crippen LogP contribution >= 0.6 is 0 Å². The van der Waals surface area contributed by atoms with Crippen LogP contribution in [0, 0.1) is 17.1 Å². The van der Waals surface area contributed by atoms with Crippen LogP contribution in [0.15, 0.2) is 85.0 Å². The van der Waals surface area contributed by atoms with E-state index in [0.29, 0.717) is 42.2 Å². The van der Waals surface area contributed by atoms with Gasteiger partial charge in [0.25, 0.3) is 5.91 Å². The van der Waals surface area contributed by atoms with Crippen LogP contribution in [-0.2, 0) is 24.4 Å². The molecule has 3 aromatic carbocycles. The lowest BCUT2D eigenvalue weighted by atomic mass is 10.0. The van der Waals surface area contributed by atoms with Crippen LogP contribution in [0.2, 0.25) is 0 Å². The Labute approximate surface area is 205 Å². The average Bonchev–Trinajstić information content (AvgIpc) is 2.86. The zero-order chi connectivity index (χ0) is 25.0. The van der Waals surface area contributed by atoms with Gasteiger partial charge in [0, 0.05) is 12.1 Å². The minimum atomic E-state index is -0.467.